The molecule has 1 atom stereocenters. The number of nitrogens with one attached hydrogen (secondary N) is 2. The Bertz CT molecular complexity index is 1040. The predicted molar refractivity (Wildman–Crippen MR) is 97.2 cm³/mol. The number of carbonyl (C=O) groups excluding carboxylic acids is 2. The molecule has 2 heterocycles. The summed E-state index contributed by atoms with van der Waals surface area (Å²) in [5, 5.41) is 6.80. The van der Waals surface area contributed by atoms with E-state index in [4.69, 9.17) is 4.74 Å². The molecule has 0 saturated heterocycles. The van der Waals surface area contributed by atoms with Gasteiger partial charge in [-0.05, 0) is 39.3 Å². The highest BCUT2D eigenvalue weighted by atomic mass is 32.2. The van der Waals surface area contributed by atoms with Gasteiger partial charge in [-0.15, -0.1) is 0 Å². The molecule has 0 unspecified atom stereocenters. The molecule has 27 heavy (non-hydrogen) atoms. The molecule has 1 aliphatic rings. The second-order valence-electron chi connectivity index (χ2n) is 6.28. The molecule has 10 heteroatoms. The van der Waals surface area contributed by atoms with Crippen LogP contribution in [0, 0.1) is 13.8 Å². The molecule has 0 radical (unpaired) electrons. The number of benzene rings is 1. The van der Waals surface area contributed by atoms with E-state index in [0.29, 0.717) is 23.5 Å². The van der Waals surface area contributed by atoms with Gasteiger partial charge in [-0.1, -0.05) is 0 Å². The van der Waals surface area contributed by atoms with E-state index in [2.05, 4.69) is 15.1 Å². The summed E-state index contributed by atoms with van der Waals surface area (Å²) in [6.07, 6.45) is 0.758. The van der Waals surface area contributed by atoms with Crippen LogP contribution in [0.15, 0.2) is 23.2 Å². The van der Waals surface area contributed by atoms with E-state index in [1.54, 1.807) is 25.5 Å². The third-order valence-corrected chi connectivity index (χ3v) is 5.71. The normalized spacial score (nSPS) is 16.3. The quantitative estimate of drug-likeness (QED) is 0.811. The van der Waals surface area contributed by atoms with Crippen molar-refractivity contribution in [1.82, 2.24) is 14.5 Å². The van der Waals surface area contributed by atoms with Crippen molar-refractivity contribution in [3.63, 3.8) is 0 Å². The second kappa shape index (κ2) is 6.69. The number of aromatic nitrogens is 2. The molecule has 2 N–H and O–H groups in total. The average Bonchev–Trinajstić information content (AvgIpc) is 2.96. The van der Waals surface area contributed by atoms with Gasteiger partial charge < -0.3 is 10.1 Å². The van der Waals surface area contributed by atoms with Crippen LogP contribution in [0.5, 0.6) is 5.75 Å². The number of carbonyl (C=O) groups is 2. The van der Waals surface area contributed by atoms with Crippen molar-refractivity contribution in [3.05, 3.63) is 35.2 Å². The maximum absolute atomic E-state index is 12.8. The molecule has 0 saturated carbocycles. The monoisotopic (exact) mass is 392 g/mol. The highest BCUT2D eigenvalue weighted by Gasteiger charge is 2.28. The largest absolute Gasteiger partial charge is 0.479 e. The minimum atomic E-state index is -4.15. The number of sulfonamides is 1. The molecular formula is C17H20N4O5S. The van der Waals surface area contributed by atoms with Crippen molar-refractivity contribution in [3.8, 4) is 5.75 Å². The first-order valence-electron chi connectivity index (χ1n) is 8.35. The Balaban J connectivity index is 1.93. The third-order valence-electron chi connectivity index (χ3n) is 4.24. The van der Waals surface area contributed by atoms with Gasteiger partial charge in [0.1, 0.15) is 5.75 Å². The third kappa shape index (κ3) is 3.52. The molecule has 9 nitrogen and oxygen atoms in total. The standard InChI is InChI=1S/C17H20N4O5S/c1-5-21-8-12(10(3)19-21)17(23)20-27(24,25)15-7-14-13(6-9(15)2)18-16(22)11(4)26-14/h6-8,11H,5H2,1-4H3,(H,18,22)(H,20,23)/t11-/m0/s1. The first-order chi connectivity index (χ1) is 12.6. The molecule has 0 aliphatic carbocycles. The van der Waals surface area contributed by atoms with E-state index in [-0.39, 0.29) is 22.1 Å². The summed E-state index contributed by atoms with van der Waals surface area (Å²) >= 11 is 0. The first-order valence-corrected chi connectivity index (χ1v) is 9.84. The van der Waals surface area contributed by atoms with Crippen molar-refractivity contribution in [2.24, 2.45) is 0 Å². The fraction of sp³-hybridized carbons (Fsp3) is 0.353. The number of amides is 2. The number of ether oxygens (including phenoxy) is 1. The zero-order valence-electron chi connectivity index (χ0n) is 15.4. The summed E-state index contributed by atoms with van der Waals surface area (Å²) in [5.74, 6) is -0.836. The zero-order chi connectivity index (χ0) is 19.9. The summed E-state index contributed by atoms with van der Waals surface area (Å²) in [6.45, 7) is 7.19. The summed E-state index contributed by atoms with van der Waals surface area (Å²) in [6, 6.07) is 2.80. The summed E-state index contributed by atoms with van der Waals surface area (Å²) in [5.41, 5.74) is 1.38. The summed E-state index contributed by atoms with van der Waals surface area (Å²) in [4.78, 5) is 24.0. The lowest BCUT2D eigenvalue weighted by atomic mass is 10.1. The van der Waals surface area contributed by atoms with Gasteiger partial charge in [-0.25, -0.2) is 13.1 Å². The number of hydrogen-bond acceptors (Lipinski definition) is 6. The summed E-state index contributed by atoms with van der Waals surface area (Å²) < 4.78 is 34.6. The first kappa shape index (κ1) is 18.9. The topological polar surface area (TPSA) is 119 Å². The van der Waals surface area contributed by atoms with Crippen LogP contribution < -0.4 is 14.8 Å². The molecule has 1 aromatic heterocycles. The van der Waals surface area contributed by atoms with Crippen LogP contribution in [0.3, 0.4) is 0 Å². The van der Waals surface area contributed by atoms with Crippen LogP contribution in [-0.4, -0.2) is 36.1 Å². The van der Waals surface area contributed by atoms with Gasteiger partial charge in [0.15, 0.2) is 6.10 Å². The van der Waals surface area contributed by atoms with Gasteiger partial charge in [0.25, 0.3) is 21.8 Å². The fourth-order valence-corrected chi connectivity index (χ4v) is 3.98. The average molecular weight is 392 g/mol. The lowest BCUT2D eigenvalue weighted by Crippen LogP contribution is -2.35. The van der Waals surface area contributed by atoms with Crippen molar-refractivity contribution >= 4 is 27.5 Å². The van der Waals surface area contributed by atoms with Crippen LogP contribution in [-0.2, 0) is 21.4 Å². The van der Waals surface area contributed by atoms with E-state index in [1.807, 2.05) is 6.92 Å². The number of nitrogens with zero attached hydrogens (tertiary/aromatic N) is 2. The molecule has 0 bridgehead atoms. The Morgan fingerprint density at radius 1 is 1.37 bits per heavy atom. The minimum Gasteiger partial charge on any atom is -0.479 e. The molecule has 2 amide bonds. The minimum absolute atomic E-state index is 0.0986. The number of anilines is 1. The van der Waals surface area contributed by atoms with E-state index in [1.165, 1.54) is 18.3 Å². The molecule has 1 aromatic carbocycles. The molecule has 0 fully saturated rings. The molecule has 3 rings (SSSR count). The second-order valence-corrected chi connectivity index (χ2v) is 7.93. The maximum Gasteiger partial charge on any atom is 0.268 e. The number of rotatable bonds is 4. The molecule has 0 spiro atoms. The Labute approximate surface area is 156 Å². The highest BCUT2D eigenvalue weighted by Crippen LogP contribution is 2.34. The van der Waals surface area contributed by atoms with Crippen molar-refractivity contribution < 1.29 is 22.7 Å². The lowest BCUT2D eigenvalue weighted by molar-refractivity contribution is -0.122. The van der Waals surface area contributed by atoms with E-state index < -0.39 is 22.0 Å². The van der Waals surface area contributed by atoms with E-state index in [9.17, 15) is 18.0 Å². The smallest absolute Gasteiger partial charge is 0.268 e. The van der Waals surface area contributed by atoms with Gasteiger partial charge in [0.05, 0.1) is 21.8 Å². The van der Waals surface area contributed by atoms with E-state index in [0.717, 1.165) is 0 Å². The number of hydrogen-bond donors (Lipinski definition) is 2. The van der Waals surface area contributed by atoms with Crippen molar-refractivity contribution in [1.29, 1.82) is 0 Å². The zero-order valence-corrected chi connectivity index (χ0v) is 16.2. The molecular weight excluding hydrogens is 372 g/mol. The molecule has 2 aromatic rings. The molecule has 144 valence electrons. The van der Waals surface area contributed by atoms with Gasteiger partial charge in [-0.3, -0.25) is 14.3 Å². The van der Waals surface area contributed by atoms with Gasteiger partial charge >= 0.3 is 0 Å². The van der Waals surface area contributed by atoms with Crippen LogP contribution in [0.1, 0.15) is 35.5 Å². The molecule has 1 aliphatic heterocycles. The highest BCUT2D eigenvalue weighted by molar-refractivity contribution is 7.90. The van der Waals surface area contributed by atoms with Crippen LogP contribution in [0.4, 0.5) is 5.69 Å². The van der Waals surface area contributed by atoms with Gasteiger partial charge in [0.2, 0.25) is 0 Å². The lowest BCUT2D eigenvalue weighted by Gasteiger charge is -2.24. The Morgan fingerprint density at radius 2 is 2.07 bits per heavy atom. The van der Waals surface area contributed by atoms with Gasteiger partial charge in [0, 0.05) is 18.8 Å². The van der Waals surface area contributed by atoms with E-state index >= 15 is 0 Å². The van der Waals surface area contributed by atoms with Crippen molar-refractivity contribution in [2.75, 3.05) is 5.32 Å². The van der Waals surface area contributed by atoms with Crippen LogP contribution in [0.2, 0.25) is 0 Å². The van der Waals surface area contributed by atoms with Gasteiger partial charge in [-0.2, -0.15) is 5.10 Å². The summed E-state index contributed by atoms with van der Waals surface area (Å²) in [7, 11) is -4.15. The maximum atomic E-state index is 12.8. The van der Waals surface area contributed by atoms with Crippen LogP contribution in [0.25, 0.3) is 0 Å². The number of fused-ring (bicyclic) bond motifs is 1. The number of aryl methyl sites for hydroxylation is 3. The Morgan fingerprint density at radius 3 is 2.70 bits per heavy atom. The van der Waals surface area contributed by atoms with Crippen molar-refractivity contribution in [2.45, 2.75) is 45.2 Å². The predicted octanol–water partition coefficient (Wildman–Crippen LogP) is 1.36. The SMILES string of the molecule is CCn1cc(C(=O)NS(=O)(=O)c2cc3c(cc2C)NC(=O)[C@H](C)O3)c(C)n1. The van der Waals surface area contributed by atoms with Crippen LogP contribution >= 0.6 is 0 Å². The Kier molecular flexibility index (Phi) is 4.68. The fourth-order valence-electron chi connectivity index (χ4n) is 2.77. The Hall–Kier alpha value is -2.88.